The smallest absolute Gasteiger partial charge is 0.315 e. The van der Waals surface area contributed by atoms with Gasteiger partial charge in [0.1, 0.15) is 0 Å². The first-order chi connectivity index (χ1) is 8.50. The van der Waals surface area contributed by atoms with E-state index in [4.69, 9.17) is 0 Å². The molecule has 0 bridgehead atoms. The molecule has 0 spiro atoms. The van der Waals surface area contributed by atoms with Gasteiger partial charge < -0.3 is 15.7 Å². The Labute approximate surface area is 107 Å². The number of carboxylic acids is 1. The Kier molecular flexibility index (Phi) is 5.02. The van der Waals surface area contributed by atoms with Crippen LogP contribution in [0.25, 0.3) is 0 Å². The van der Waals surface area contributed by atoms with Gasteiger partial charge >= 0.3 is 12.0 Å². The van der Waals surface area contributed by atoms with E-state index >= 15 is 0 Å². The van der Waals surface area contributed by atoms with Crippen molar-refractivity contribution in [1.82, 2.24) is 10.6 Å². The SMILES string of the molecule is CC#CCCNC(=O)NC1CCCC1(C)C(=O)O. The lowest BCUT2D eigenvalue weighted by molar-refractivity contribution is -0.148. The zero-order valence-corrected chi connectivity index (χ0v) is 10.9. The monoisotopic (exact) mass is 252 g/mol. The van der Waals surface area contributed by atoms with Crippen LogP contribution in [-0.2, 0) is 4.79 Å². The molecule has 2 amide bonds. The van der Waals surface area contributed by atoms with Gasteiger partial charge in [-0.25, -0.2) is 4.79 Å². The number of hydrogen-bond acceptors (Lipinski definition) is 2. The molecule has 18 heavy (non-hydrogen) atoms. The summed E-state index contributed by atoms with van der Waals surface area (Å²) >= 11 is 0. The fourth-order valence-electron chi connectivity index (χ4n) is 2.23. The standard InChI is InChI=1S/C13H20N2O3/c1-3-4-5-9-14-12(18)15-10-7-6-8-13(10,2)11(16)17/h10H,5-9H2,1-2H3,(H,16,17)(H2,14,15,18). The van der Waals surface area contributed by atoms with Crippen LogP contribution in [0.15, 0.2) is 0 Å². The molecule has 1 saturated carbocycles. The lowest BCUT2D eigenvalue weighted by Gasteiger charge is -2.27. The molecule has 3 N–H and O–H groups in total. The fourth-order valence-corrected chi connectivity index (χ4v) is 2.23. The first-order valence-corrected chi connectivity index (χ1v) is 6.18. The summed E-state index contributed by atoms with van der Waals surface area (Å²) in [5.41, 5.74) is -0.847. The Morgan fingerprint density at radius 3 is 2.83 bits per heavy atom. The molecule has 1 aliphatic rings. The number of carbonyl (C=O) groups is 2. The van der Waals surface area contributed by atoms with Crippen molar-refractivity contribution in [3.8, 4) is 11.8 Å². The zero-order valence-electron chi connectivity index (χ0n) is 10.9. The quantitative estimate of drug-likeness (QED) is 0.522. The Morgan fingerprint density at radius 2 is 2.22 bits per heavy atom. The van der Waals surface area contributed by atoms with Gasteiger partial charge in [0, 0.05) is 19.0 Å². The van der Waals surface area contributed by atoms with Crippen molar-refractivity contribution in [2.24, 2.45) is 5.41 Å². The molecule has 1 aliphatic carbocycles. The highest BCUT2D eigenvalue weighted by atomic mass is 16.4. The second-order valence-corrected chi connectivity index (χ2v) is 4.74. The number of carboxylic acid groups (broad SMARTS) is 1. The van der Waals surface area contributed by atoms with Crippen molar-refractivity contribution in [3.63, 3.8) is 0 Å². The number of rotatable bonds is 4. The van der Waals surface area contributed by atoms with E-state index in [0.717, 1.165) is 6.42 Å². The van der Waals surface area contributed by atoms with Crippen molar-refractivity contribution in [3.05, 3.63) is 0 Å². The van der Waals surface area contributed by atoms with Crippen LogP contribution in [0, 0.1) is 17.3 Å². The minimum absolute atomic E-state index is 0.299. The Bertz CT molecular complexity index is 383. The van der Waals surface area contributed by atoms with Gasteiger partial charge in [0.15, 0.2) is 0 Å². The van der Waals surface area contributed by atoms with Crippen LogP contribution in [0.4, 0.5) is 4.79 Å². The van der Waals surface area contributed by atoms with Gasteiger partial charge in [-0.2, -0.15) is 0 Å². The van der Waals surface area contributed by atoms with Gasteiger partial charge in [-0.3, -0.25) is 4.79 Å². The number of urea groups is 1. The van der Waals surface area contributed by atoms with Crippen LogP contribution in [0.1, 0.15) is 39.5 Å². The second-order valence-electron chi connectivity index (χ2n) is 4.74. The summed E-state index contributed by atoms with van der Waals surface area (Å²) in [7, 11) is 0. The topological polar surface area (TPSA) is 78.4 Å². The maximum Gasteiger partial charge on any atom is 0.315 e. The number of aliphatic carboxylic acids is 1. The Hall–Kier alpha value is -1.70. The highest BCUT2D eigenvalue weighted by Crippen LogP contribution is 2.38. The van der Waals surface area contributed by atoms with E-state index in [1.165, 1.54) is 0 Å². The van der Waals surface area contributed by atoms with Crippen LogP contribution in [-0.4, -0.2) is 29.7 Å². The molecule has 0 aromatic heterocycles. The van der Waals surface area contributed by atoms with Crippen LogP contribution < -0.4 is 10.6 Å². The summed E-state index contributed by atoms with van der Waals surface area (Å²) < 4.78 is 0. The third-order valence-corrected chi connectivity index (χ3v) is 3.46. The van der Waals surface area contributed by atoms with Crippen molar-refractivity contribution in [2.45, 2.75) is 45.6 Å². The third kappa shape index (κ3) is 3.39. The Balaban J connectivity index is 2.43. The summed E-state index contributed by atoms with van der Waals surface area (Å²) in [6.07, 6.45) is 2.75. The minimum Gasteiger partial charge on any atom is -0.481 e. The largest absolute Gasteiger partial charge is 0.481 e. The summed E-state index contributed by atoms with van der Waals surface area (Å²) in [4.78, 5) is 22.8. The first kappa shape index (κ1) is 14.4. The van der Waals surface area contributed by atoms with Gasteiger partial charge in [-0.15, -0.1) is 11.8 Å². The molecule has 0 aromatic rings. The molecule has 1 rings (SSSR count). The van der Waals surface area contributed by atoms with E-state index in [9.17, 15) is 14.7 Å². The number of nitrogens with one attached hydrogen (secondary N) is 2. The molecule has 2 atom stereocenters. The summed E-state index contributed by atoms with van der Waals surface area (Å²) in [6.45, 7) is 3.91. The van der Waals surface area contributed by atoms with Gasteiger partial charge in [-0.1, -0.05) is 6.42 Å². The van der Waals surface area contributed by atoms with Crippen LogP contribution in [0.5, 0.6) is 0 Å². The normalized spacial score (nSPS) is 26.0. The lowest BCUT2D eigenvalue weighted by atomic mass is 9.85. The molecular formula is C13H20N2O3. The highest BCUT2D eigenvalue weighted by Gasteiger charge is 2.45. The average molecular weight is 252 g/mol. The van der Waals surface area contributed by atoms with Gasteiger partial charge in [0.25, 0.3) is 0 Å². The number of hydrogen-bond donors (Lipinski definition) is 3. The summed E-state index contributed by atoms with van der Waals surface area (Å²) in [5.74, 6) is 4.74. The predicted molar refractivity (Wildman–Crippen MR) is 68.0 cm³/mol. The van der Waals surface area contributed by atoms with E-state index in [-0.39, 0.29) is 12.1 Å². The highest BCUT2D eigenvalue weighted by molar-refractivity contribution is 5.79. The van der Waals surface area contributed by atoms with Crippen molar-refractivity contribution in [1.29, 1.82) is 0 Å². The van der Waals surface area contributed by atoms with Gasteiger partial charge in [-0.05, 0) is 26.7 Å². The van der Waals surface area contributed by atoms with E-state index < -0.39 is 11.4 Å². The predicted octanol–water partition coefficient (Wildman–Crippen LogP) is 1.34. The van der Waals surface area contributed by atoms with Crippen LogP contribution >= 0.6 is 0 Å². The molecule has 2 unspecified atom stereocenters. The van der Waals surface area contributed by atoms with Crippen molar-refractivity contribution >= 4 is 12.0 Å². The molecule has 5 nitrogen and oxygen atoms in total. The molecule has 1 fully saturated rings. The molecule has 0 heterocycles. The molecule has 0 aliphatic heterocycles. The summed E-state index contributed by atoms with van der Waals surface area (Å²) in [5, 5.41) is 14.6. The maximum atomic E-state index is 11.6. The van der Waals surface area contributed by atoms with E-state index in [1.54, 1.807) is 13.8 Å². The van der Waals surface area contributed by atoms with E-state index in [2.05, 4.69) is 22.5 Å². The first-order valence-electron chi connectivity index (χ1n) is 6.18. The van der Waals surface area contributed by atoms with E-state index in [0.29, 0.717) is 25.8 Å². The Morgan fingerprint density at radius 1 is 1.50 bits per heavy atom. The molecule has 0 radical (unpaired) electrons. The van der Waals surface area contributed by atoms with Gasteiger partial charge in [0.2, 0.25) is 0 Å². The van der Waals surface area contributed by atoms with Gasteiger partial charge in [0.05, 0.1) is 5.41 Å². The average Bonchev–Trinajstić information content (AvgIpc) is 2.68. The number of amides is 2. The molecule has 0 saturated heterocycles. The third-order valence-electron chi connectivity index (χ3n) is 3.46. The number of carbonyl (C=O) groups excluding carboxylic acids is 1. The van der Waals surface area contributed by atoms with Crippen LogP contribution in [0.3, 0.4) is 0 Å². The zero-order chi connectivity index (χ0) is 13.6. The van der Waals surface area contributed by atoms with Crippen molar-refractivity contribution in [2.75, 3.05) is 6.54 Å². The molecule has 0 aromatic carbocycles. The molecule has 100 valence electrons. The molecule has 5 heteroatoms. The minimum atomic E-state index is -0.847. The van der Waals surface area contributed by atoms with Crippen LogP contribution in [0.2, 0.25) is 0 Å². The fraction of sp³-hybridized carbons (Fsp3) is 0.692. The maximum absolute atomic E-state index is 11.6. The van der Waals surface area contributed by atoms with E-state index in [1.807, 2.05) is 0 Å². The van der Waals surface area contributed by atoms with Crippen molar-refractivity contribution < 1.29 is 14.7 Å². The molecular weight excluding hydrogens is 232 g/mol. The summed E-state index contributed by atoms with van der Waals surface area (Å²) in [6, 6.07) is -0.612. The lowest BCUT2D eigenvalue weighted by Crippen LogP contribution is -2.50. The second kappa shape index (κ2) is 6.29.